The second-order valence-electron chi connectivity index (χ2n) is 5.83. The molecule has 0 aromatic heterocycles. The summed E-state index contributed by atoms with van der Waals surface area (Å²) in [6, 6.07) is 5.48. The first-order chi connectivity index (χ1) is 12.5. The summed E-state index contributed by atoms with van der Waals surface area (Å²) in [7, 11) is 0. The number of morpholine rings is 1. The molecule has 2 fully saturated rings. The van der Waals surface area contributed by atoms with Crippen LogP contribution in [-0.2, 0) is 14.3 Å². The number of hydrogen-bond donors (Lipinski definition) is 2. The molecule has 1 aromatic carbocycles. The van der Waals surface area contributed by atoms with Gasteiger partial charge in [0.1, 0.15) is 0 Å². The van der Waals surface area contributed by atoms with E-state index in [0.717, 1.165) is 4.90 Å². The predicted octanol–water partition coefficient (Wildman–Crippen LogP) is 1.28. The summed E-state index contributed by atoms with van der Waals surface area (Å²) >= 11 is 5.86. The molecule has 2 aliphatic rings. The summed E-state index contributed by atoms with van der Waals surface area (Å²) in [5.74, 6) is -2.41. The number of barbiturate groups is 1. The molecule has 2 heterocycles. The molecular formula is C17H19ClN4O4. The van der Waals surface area contributed by atoms with Crippen molar-refractivity contribution in [1.29, 1.82) is 0 Å². The van der Waals surface area contributed by atoms with E-state index in [0.29, 0.717) is 42.7 Å². The van der Waals surface area contributed by atoms with Crippen LogP contribution in [0.5, 0.6) is 0 Å². The maximum absolute atomic E-state index is 13.0. The Bertz CT molecular complexity index is 744. The Hall–Kier alpha value is -2.42. The van der Waals surface area contributed by atoms with Crippen molar-refractivity contribution in [3.05, 3.63) is 41.1 Å². The Labute approximate surface area is 155 Å². The molecule has 2 N–H and O–H groups in total. The molecule has 0 saturated carbocycles. The highest BCUT2D eigenvalue weighted by Crippen LogP contribution is 2.25. The molecule has 0 radical (unpaired) electrons. The summed E-state index contributed by atoms with van der Waals surface area (Å²) in [6.07, 6.45) is 1.66. The molecule has 0 unspecified atom stereocenters. The van der Waals surface area contributed by atoms with E-state index >= 15 is 0 Å². The number of hydrogen-bond acceptors (Lipinski definition) is 6. The Balaban J connectivity index is 1.85. The van der Waals surface area contributed by atoms with E-state index in [4.69, 9.17) is 16.3 Å². The van der Waals surface area contributed by atoms with Gasteiger partial charge in [-0.25, -0.2) is 14.7 Å². The fourth-order valence-electron chi connectivity index (χ4n) is 2.84. The first-order valence-corrected chi connectivity index (χ1v) is 8.59. The van der Waals surface area contributed by atoms with E-state index in [1.54, 1.807) is 37.3 Å². The van der Waals surface area contributed by atoms with Crippen LogP contribution in [0.3, 0.4) is 0 Å². The van der Waals surface area contributed by atoms with Gasteiger partial charge in [0.2, 0.25) is 5.91 Å². The SMILES string of the molecule is C/C=C(\NN1CCOCC1)[C@H]1C(=O)NC(=O)N(c2ccc(Cl)cc2)C1=O. The number of imide groups is 2. The quantitative estimate of drug-likeness (QED) is 0.767. The highest BCUT2D eigenvalue weighted by molar-refractivity contribution is 6.31. The van der Waals surface area contributed by atoms with Gasteiger partial charge in [0.05, 0.1) is 18.9 Å². The third-order valence-electron chi connectivity index (χ3n) is 4.17. The van der Waals surface area contributed by atoms with Crippen molar-refractivity contribution in [2.45, 2.75) is 6.92 Å². The minimum Gasteiger partial charge on any atom is -0.379 e. The number of nitrogens with zero attached hydrogens (tertiary/aromatic N) is 2. The van der Waals surface area contributed by atoms with Gasteiger partial charge in [-0.2, -0.15) is 0 Å². The molecule has 1 aromatic rings. The summed E-state index contributed by atoms with van der Waals surface area (Å²) in [4.78, 5) is 38.5. The van der Waals surface area contributed by atoms with Crippen LogP contribution in [0, 0.1) is 5.92 Å². The van der Waals surface area contributed by atoms with E-state index in [-0.39, 0.29) is 0 Å². The first kappa shape index (κ1) is 18.4. The zero-order valence-electron chi connectivity index (χ0n) is 14.2. The molecule has 2 saturated heterocycles. The van der Waals surface area contributed by atoms with Gasteiger partial charge < -0.3 is 10.2 Å². The van der Waals surface area contributed by atoms with Gasteiger partial charge in [-0.05, 0) is 31.2 Å². The smallest absolute Gasteiger partial charge is 0.335 e. The number of allylic oxidation sites excluding steroid dienone is 1. The van der Waals surface area contributed by atoms with Crippen molar-refractivity contribution >= 4 is 35.1 Å². The normalized spacial score (nSPS) is 22.4. The van der Waals surface area contributed by atoms with Gasteiger partial charge in [0.15, 0.2) is 5.92 Å². The van der Waals surface area contributed by atoms with E-state index in [9.17, 15) is 14.4 Å². The number of nitrogens with one attached hydrogen (secondary N) is 2. The highest BCUT2D eigenvalue weighted by Gasteiger charge is 2.43. The molecule has 2 aliphatic heterocycles. The minimum absolute atomic E-state index is 0.344. The summed E-state index contributed by atoms with van der Waals surface area (Å²) < 4.78 is 5.29. The van der Waals surface area contributed by atoms with E-state index < -0.39 is 23.8 Å². The van der Waals surface area contributed by atoms with Gasteiger partial charge in [0, 0.05) is 23.8 Å². The zero-order chi connectivity index (χ0) is 18.7. The van der Waals surface area contributed by atoms with Crippen LogP contribution in [0.15, 0.2) is 36.0 Å². The average Bonchev–Trinajstić information content (AvgIpc) is 2.63. The largest absolute Gasteiger partial charge is 0.379 e. The first-order valence-electron chi connectivity index (χ1n) is 8.21. The van der Waals surface area contributed by atoms with Crippen molar-refractivity contribution in [3.8, 4) is 0 Å². The number of halogens is 1. The van der Waals surface area contributed by atoms with E-state index in [2.05, 4.69) is 10.7 Å². The van der Waals surface area contributed by atoms with Crippen molar-refractivity contribution in [2.24, 2.45) is 5.92 Å². The topological polar surface area (TPSA) is 91.0 Å². The van der Waals surface area contributed by atoms with Crippen LogP contribution in [-0.4, -0.2) is 49.2 Å². The van der Waals surface area contributed by atoms with Gasteiger partial charge in [0.25, 0.3) is 5.91 Å². The van der Waals surface area contributed by atoms with Crippen LogP contribution in [0.1, 0.15) is 6.92 Å². The molecule has 0 aliphatic carbocycles. The van der Waals surface area contributed by atoms with Crippen LogP contribution >= 0.6 is 11.6 Å². The average molecular weight is 379 g/mol. The molecule has 0 spiro atoms. The lowest BCUT2D eigenvalue weighted by molar-refractivity contribution is -0.133. The van der Waals surface area contributed by atoms with Crippen LogP contribution in [0.25, 0.3) is 0 Å². The molecule has 138 valence electrons. The van der Waals surface area contributed by atoms with Gasteiger partial charge in [-0.3, -0.25) is 14.9 Å². The highest BCUT2D eigenvalue weighted by atomic mass is 35.5. The van der Waals surface area contributed by atoms with E-state index in [1.807, 2.05) is 5.01 Å². The number of anilines is 1. The monoisotopic (exact) mass is 378 g/mol. The van der Waals surface area contributed by atoms with Gasteiger partial charge >= 0.3 is 6.03 Å². The fraction of sp³-hybridized carbons (Fsp3) is 0.353. The fourth-order valence-corrected chi connectivity index (χ4v) is 2.96. The van der Waals surface area contributed by atoms with E-state index in [1.165, 1.54) is 0 Å². The lowest BCUT2D eigenvalue weighted by atomic mass is 10.00. The Morgan fingerprint density at radius 3 is 2.50 bits per heavy atom. The maximum Gasteiger partial charge on any atom is 0.335 e. The lowest BCUT2D eigenvalue weighted by Crippen LogP contribution is -2.60. The maximum atomic E-state index is 13.0. The van der Waals surface area contributed by atoms with Crippen molar-refractivity contribution in [2.75, 3.05) is 31.2 Å². The standard InChI is InChI=1S/C17H19ClN4O4/c1-2-13(20-21-7-9-26-10-8-21)14-15(23)19-17(25)22(16(14)24)12-5-3-11(18)4-6-12/h2-6,14,20H,7-10H2,1H3,(H,19,23,25)/b13-2-/t14-/m0/s1. The lowest BCUT2D eigenvalue weighted by Gasteiger charge is -2.35. The number of carbonyl (C=O) groups is 3. The third-order valence-corrected chi connectivity index (χ3v) is 4.42. The number of carbonyl (C=O) groups excluding carboxylic acids is 3. The number of ether oxygens (including phenoxy) is 1. The summed E-state index contributed by atoms with van der Waals surface area (Å²) in [5.41, 5.74) is 3.87. The molecule has 1 atom stereocenters. The summed E-state index contributed by atoms with van der Waals surface area (Å²) in [6.45, 7) is 4.10. The van der Waals surface area contributed by atoms with Crippen LogP contribution in [0.2, 0.25) is 5.02 Å². The minimum atomic E-state index is -1.14. The Morgan fingerprint density at radius 1 is 1.23 bits per heavy atom. The molecule has 0 bridgehead atoms. The Morgan fingerprint density at radius 2 is 1.88 bits per heavy atom. The number of rotatable bonds is 4. The molecular weight excluding hydrogens is 360 g/mol. The van der Waals surface area contributed by atoms with Crippen molar-refractivity contribution < 1.29 is 19.1 Å². The number of urea groups is 1. The Kier molecular flexibility index (Phi) is 5.55. The van der Waals surface area contributed by atoms with Crippen molar-refractivity contribution in [3.63, 3.8) is 0 Å². The summed E-state index contributed by atoms with van der Waals surface area (Å²) in [5, 5.41) is 4.60. The molecule has 8 nitrogen and oxygen atoms in total. The van der Waals surface area contributed by atoms with Gasteiger partial charge in [-0.15, -0.1) is 0 Å². The number of benzene rings is 1. The molecule has 9 heteroatoms. The zero-order valence-corrected chi connectivity index (χ0v) is 15.0. The number of hydrazine groups is 1. The third kappa shape index (κ3) is 3.72. The van der Waals surface area contributed by atoms with Gasteiger partial charge in [-0.1, -0.05) is 17.7 Å². The van der Waals surface area contributed by atoms with Crippen LogP contribution in [0.4, 0.5) is 10.5 Å². The molecule has 26 heavy (non-hydrogen) atoms. The number of amides is 4. The second kappa shape index (κ2) is 7.86. The second-order valence-corrected chi connectivity index (χ2v) is 6.27. The molecule has 3 rings (SSSR count). The van der Waals surface area contributed by atoms with Crippen molar-refractivity contribution in [1.82, 2.24) is 15.8 Å². The van der Waals surface area contributed by atoms with Crippen LogP contribution < -0.4 is 15.6 Å². The predicted molar refractivity (Wildman–Crippen MR) is 95.3 cm³/mol. The molecule has 4 amide bonds.